The van der Waals surface area contributed by atoms with Gasteiger partial charge >= 0.3 is 0 Å². The van der Waals surface area contributed by atoms with E-state index in [1.165, 1.54) is 6.08 Å². The zero-order valence-electron chi connectivity index (χ0n) is 22.4. The number of benzene rings is 2. The first-order valence-electron chi connectivity index (χ1n) is 12.2. The fourth-order valence-electron chi connectivity index (χ4n) is 4.07. The number of primary amides is 1. The second-order valence-corrected chi connectivity index (χ2v) is 9.17. The molecule has 2 aromatic heterocycles. The SMILES string of the molecule is C=CC(=O)Nc1cc(Nc2nccc(-n3ccc4cc(C(N)=O)ccc43)n2)c(OC)cc1N(C)CCN(C)C. The Morgan fingerprint density at radius 3 is 2.59 bits per heavy atom. The maximum atomic E-state index is 12.2. The molecule has 0 saturated heterocycles. The van der Waals surface area contributed by atoms with Gasteiger partial charge < -0.3 is 35.5 Å². The van der Waals surface area contributed by atoms with Gasteiger partial charge in [0.05, 0.1) is 29.7 Å². The average Bonchev–Trinajstić information content (AvgIpc) is 3.35. The number of amides is 2. The van der Waals surface area contributed by atoms with E-state index in [0.717, 1.165) is 29.7 Å². The van der Waals surface area contributed by atoms with Crippen LogP contribution in [0.15, 0.2) is 67.5 Å². The van der Waals surface area contributed by atoms with Gasteiger partial charge in [0.15, 0.2) is 0 Å². The number of ether oxygens (including phenoxy) is 1. The summed E-state index contributed by atoms with van der Waals surface area (Å²) in [6.45, 7) is 5.12. The largest absolute Gasteiger partial charge is 0.494 e. The normalized spacial score (nSPS) is 10.9. The summed E-state index contributed by atoms with van der Waals surface area (Å²) >= 11 is 0. The second kappa shape index (κ2) is 11.7. The highest BCUT2D eigenvalue weighted by molar-refractivity contribution is 6.02. The summed E-state index contributed by atoms with van der Waals surface area (Å²) in [6, 6.07) is 12.6. The molecular weight excluding hydrogens is 496 g/mol. The summed E-state index contributed by atoms with van der Waals surface area (Å²) < 4.78 is 7.57. The quantitative estimate of drug-likeness (QED) is 0.253. The number of carbonyl (C=O) groups is 2. The van der Waals surface area contributed by atoms with Crippen molar-refractivity contribution in [2.24, 2.45) is 5.73 Å². The molecule has 11 heteroatoms. The van der Waals surface area contributed by atoms with Crippen LogP contribution in [0.2, 0.25) is 0 Å². The third-order valence-electron chi connectivity index (χ3n) is 6.16. The lowest BCUT2D eigenvalue weighted by Gasteiger charge is -2.26. The number of nitrogens with zero attached hydrogens (tertiary/aromatic N) is 5. The van der Waals surface area contributed by atoms with Gasteiger partial charge in [0.25, 0.3) is 0 Å². The van der Waals surface area contributed by atoms with Crippen LogP contribution in [0.1, 0.15) is 10.4 Å². The van der Waals surface area contributed by atoms with E-state index in [4.69, 9.17) is 10.5 Å². The molecule has 39 heavy (non-hydrogen) atoms. The molecule has 0 aliphatic rings. The van der Waals surface area contributed by atoms with Gasteiger partial charge in [-0.1, -0.05) is 6.58 Å². The number of nitrogens with two attached hydrogens (primary N) is 1. The molecule has 0 unspecified atom stereocenters. The topological polar surface area (TPSA) is 131 Å². The molecule has 0 atom stereocenters. The minimum Gasteiger partial charge on any atom is -0.494 e. The average molecular weight is 529 g/mol. The first-order chi connectivity index (χ1) is 18.7. The lowest BCUT2D eigenvalue weighted by molar-refractivity contribution is -0.111. The Bertz CT molecular complexity index is 1530. The molecule has 2 aromatic carbocycles. The van der Waals surface area contributed by atoms with Gasteiger partial charge in [0.2, 0.25) is 17.8 Å². The Balaban J connectivity index is 1.69. The monoisotopic (exact) mass is 528 g/mol. The molecule has 202 valence electrons. The first-order valence-corrected chi connectivity index (χ1v) is 12.2. The number of rotatable bonds is 11. The van der Waals surface area contributed by atoms with Crippen molar-refractivity contribution < 1.29 is 14.3 Å². The number of anilines is 4. The van der Waals surface area contributed by atoms with Crippen molar-refractivity contribution in [3.05, 3.63) is 73.1 Å². The number of carbonyl (C=O) groups excluding carboxylic acids is 2. The van der Waals surface area contributed by atoms with E-state index in [9.17, 15) is 9.59 Å². The Morgan fingerprint density at radius 2 is 1.90 bits per heavy atom. The van der Waals surface area contributed by atoms with Crippen molar-refractivity contribution in [3.8, 4) is 11.6 Å². The number of aromatic nitrogens is 3. The van der Waals surface area contributed by atoms with Crippen molar-refractivity contribution in [1.29, 1.82) is 0 Å². The number of methoxy groups -OCH3 is 1. The highest BCUT2D eigenvalue weighted by atomic mass is 16.5. The molecule has 2 heterocycles. The Hall–Kier alpha value is -4.90. The van der Waals surface area contributed by atoms with Gasteiger partial charge in [0.1, 0.15) is 11.6 Å². The van der Waals surface area contributed by atoms with Crippen LogP contribution in [0.4, 0.5) is 23.0 Å². The summed E-state index contributed by atoms with van der Waals surface area (Å²) in [5, 5.41) is 6.97. The molecule has 0 fully saturated rings. The van der Waals surface area contributed by atoms with Crippen LogP contribution in [0.3, 0.4) is 0 Å². The van der Waals surface area contributed by atoms with Crippen LogP contribution in [-0.2, 0) is 4.79 Å². The van der Waals surface area contributed by atoms with Crippen LogP contribution in [0.25, 0.3) is 16.7 Å². The third kappa shape index (κ3) is 6.16. The van der Waals surface area contributed by atoms with E-state index in [-0.39, 0.29) is 5.91 Å². The lowest BCUT2D eigenvalue weighted by Crippen LogP contribution is -2.29. The highest BCUT2D eigenvalue weighted by Gasteiger charge is 2.17. The fourth-order valence-corrected chi connectivity index (χ4v) is 4.07. The van der Waals surface area contributed by atoms with E-state index >= 15 is 0 Å². The summed E-state index contributed by atoms with van der Waals surface area (Å²) in [5.41, 5.74) is 8.67. The minimum atomic E-state index is -0.481. The van der Waals surface area contributed by atoms with Crippen molar-refractivity contribution in [1.82, 2.24) is 19.4 Å². The number of fused-ring (bicyclic) bond motifs is 1. The second-order valence-electron chi connectivity index (χ2n) is 9.17. The van der Waals surface area contributed by atoms with E-state index in [1.54, 1.807) is 37.6 Å². The number of nitrogens with one attached hydrogen (secondary N) is 2. The van der Waals surface area contributed by atoms with E-state index in [2.05, 4.69) is 32.1 Å². The number of hydrogen-bond donors (Lipinski definition) is 3. The summed E-state index contributed by atoms with van der Waals surface area (Å²) in [4.78, 5) is 37.0. The van der Waals surface area contributed by atoms with Crippen LogP contribution >= 0.6 is 0 Å². The number of likely N-dealkylation sites (N-methyl/N-ethyl adjacent to an activating group) is 2. The molecule has 0 bridgehead atoms. The molecular formula is C28H32N8O3. The molecule has 0 spiro atoms. The summed E-state index contributed by atoms with van der Waals surface area (Å²) in [5.74, 6) is 0.693. The molecule has 0 aliphatic heterocycles. The fraction of sp³-hybridized carbons (Fsp3) is 0.214. The molecule has 4 N–H and O–H groups in total. The number of hydrogen-bond acceptors (Lipinski definition) is 8. The Kier molecular flexibility index (Phi) is 8.11. The van der Waals surface area contributed by atoms with Gasteiger partial charge in [-0.15, -0.1) is 0 Å². The zero-order valence-corrected chi connectivity index (χ0v) is 22.4. The smallest absolute Gasteiger partial charge is 0.248 e. The van der Waals surface area contributed by atoms with Crippen LogP contribution in [-0.4, -0.2) is 72.6 Å². The standard InChI is InChI=1S/C28H32N8O3/c1-6-26(37)31-20-16-21(24(39-5)17-23(20)35(4)14-13-34(2)3)32-28-30-11-9-25(33-28)36-12-10-18-15-19(27(29)38)7-8-22(18)36/h6-12,15-17H,1,13-14H2,2-5H3,(H2,29,38)(H,31,37)(H,30,32,33). The Labute approximate surface area is 226 Å². The van der Waals surface area contributed by atoms with E-state index < -0.39 is 5.91 Å². The van der Waals surface area contributed by atoms with Crippen LogP contribution in [0, 0.1) is 0 Å². The maximum absolute atomic E-state index is 12.2. The van der Waals surface area contributed by atoms with E-state index in [0.29, 0.717) is 34.5 Å². The molecule has 4 aromatic rings. The first kappa shape index (κ1) is 27.1. The molecule has 4 rings (SSSR count). The van der Waals surface area contributed by atoms with Gasteiger partial charge in [0, 0.05) is 49.5 Å². The van der Waals surface area contributed by atoms with Gasteiger partial charge in [-0.2, -0.15) is 4.98 Å². The summed E-state index contributed by atoms with van der Waals surface area (Å²) in [6.07, 6.45) is 4.73. The summed E-state index contributed by atoms with van der Waals surface area (Å²) in [7, 11) is 7.54. The molecule has 0 aliphatic carbocycles. The Morgan fingerprint density at radius 1 is 1.10 bits per heavy atom. The molecule has 0 saturated carbocycles. The molecule has 0 radical (unpaired) electrons. The highest BCUT2D eigenvalue weighted by Crippen LogP contribution is 2.38. The van der Waals surface area contributed by atoms with Gasteiger partial charge in [-0.05, 0) is 56.6 Å². The maximum Gasteiger partial charge on any atom is 0.248 e. The minimum absolute atomic E-state index is 0.328. The predicted molar refractivity (Wildman–Crippen MR) is 154 cm³/mol. The van der Waals surface area contributed by atoms with Crippen molar-refractivity contribution in [2.75, 3.05) is 56.9 Å². The van der Waals surface area contributed by atoms with E-state index in [1.807, 2.05) is 55.0 Å². The van der Waals surface area contributed by atoms with Crippen LogP contribution in [0.5, 0.6) is 5.75 Å². The predicted octanol–water partition coefficient (Wildman–Crippen LogP) is 3.39. The van der Waals surface area contributed by atoms with Gasteiger partial charge in [-0.25, -0.2) is 4.98 Å². The van der Waals surface area contributed by atoms with Crippen molar-refractivity contribution in [2.45, 2.75) is 0 Å². The third-order valence-corrected chi connectivity index (χ3v) is 6.16. The zero-order chi connectivity index (χ0) is 28.1. The van der Waals surface area contributed by atoms with Gasteiger partial charge in [-0.3, -0.25) is 9.59 Å². The molecule has 11 nitrogen and oxygen atoms in total. The lowest BCUT2D eigenvalue weighted by atomic mass is 10.1. The van der Waals surface area contributed by atoms with Crippen LogP contribution < -0.4 is 26.0 Å². The van der Waals surface area contributed by atoms with Crippen molar-refractivity contribution >= 4 is 45.7 Å². The van der Waals surface area contributed by atoms with Crippen molar-refractivity contribution in [3.63, 3.8) is 0 Å². The molecule has 2 amide bonds.